The molecule has 1 aromatic heterocycles. The van der Waals surface area contributed by atoms with Crippen LogP contribution in [-0.2, 0) is 12.0 Å². The summed E-state index contributed by atoms with van der Waals surface area (Å²) in [6, 6.07) is 7.79. The van der Waals surface area contributed by atoms with E-state index in [0.29, 0.717) is 12.4 Å². The second-order valence-corrected chi connectivity index (χ2v) is 6.05. The van der Waals surface area contributed by atoms with Gasteiger partial charge in [0.1, 0.15) is 23.1 Å². The van der Waals surface area contributed by atoms with Crippen LogP contribution in [0, 0.1) is 0 Å². The summed E-state index contributed by atoms with van der Waals surface area (Å²) < 4.78 is 7.29. The minimum Gasteiger partial charge on any atom is -0.497 e. The summed E-state index contributed by atoms with van der Waals surface area (Å²) in [5.41, 5.74) is 7.98. The number of allylic oxidation sites excluding steroid dienone is 1. The highest BCUT2D eigenvalue weighted by Crippen LogP contribution is 2.33. The Morgan fingerprint density at radius 2 is 2.10 bits per heavy atom. The third-order valence-corrected chi connectivity index (χ3v) is 3.33. The van der Waals surface area contributed by atoms with Crippen LogP contribution >= 0.6 is 0 Å². The van der Waals surface area contributed by atoms with Crippen molar-refractivity contribution in [1.29, 1.82) is 0 Å². The van der Waals surface area contributed by atoms with E-state index in [4.69, 9.17) is 15.5 Å². The first-order chi connectivity index (χ1) is 9.88. The van der Waals surface area contributed by atoms with Crippen molar-refractivity contribution in [3.63, 3.8) is 0 Å². The maximum absolute atomic E-state index is 6.32. The van der Waals surface area contributed by atoms with E-state index in [0.717, 1.165) is 22.8 Å². The molecule has 0 aliphatic carbocycles. The van der Waals surface area contributed by atoms with Gasteiger partial charge in [-0.2, -0.15) is 0 Å². The minimum atomic E-state index is -0.0890. The van der Waals surface area contributed by atoms with Gasteiger partial charge in [0.2, 0.25) is 0 Å². The van der Waals surface area contributed by atoms with E-state index in [1.54, 1.807) is 7.11 Å². The summed E-state index contributed by atoms with van der Waals surface area (Å²) in [6.45, 7) is 10.8. The van der Waals surface area contributed by atoms with Crippen LogP contribution < -0.4 is 10.5 Å². The number of rotatable bonds is 4. The fourth-order valence-corrected chi connectivity index (χ4v) is 2.33. The number of benzene rings is 1. The van der Waals surface area contributed by atoms with Crippen molar-refractivity contribution < 1.29 is 4.74 Å². The van der Waals surface area contributed by atoms with Crippen molar-refractivity contribution in [2.75, 3.05) is 12.8 Å². The Morgan fingerprint density at radius 1 is 1.38 bits per heavy atom. The van der Waals surface area contributed by atoms with E-state index < -0.39 is 0 Å². The third-order valence-electron chi connectivity index (χ3n) is 3.33. The Balaban J connectivity index is 2.61. The average Bonchev–Trinajstić information content (AvgIpc) is 2.77. The standard InChI is InChI=1S/C17H23N3O/c1-6-10-20-15(18)14(19-16(20)17(2,3)4)12-8-7-9-13(11-12)21-5/h6-9,11H,1,10,18H2,2-5H3. The second kappa shape index (κ2) is 5.64. The van der Waals surface area contributed by atoms with Crippen LogP contribution in [0.15, 0.2) is 36.9 Å². The normalized spacial score (nSPS) is 11.4. The predicted octanol–water partition coefficient (Wildman–Crippen LogP) is 3.62. The Hall–Kier alpha value is -2.23. The van der Waals surface area contributed by atoms with Crippen molar-refractivity contribution in [2.45, 2.75) is 32.7 Å². The molecule has 1 heterocycles. The molecule has 21 heavy (non-hydrogen) atoms. The molecule has 2 aromatic rings. The molecule has 0 unspecified atom stereocenters. The van der Waals surface area contributed by atoms with Crippen LogP contribution in [0.1, 0.15) is 26.6 Å². The molecule has 2 rings (SSSR count). The molecule has 0 amide bonds. The first kappa shape index (κ1) is 15.2. The molecule has 0 fully saturated rings. The van der Waals surface area contributed by atoms with E-state index >= 15 is 0 Å². The highest BCUT2D eigenvalue weighted by molar-refractivity contribution is 5.72. The van der Waals surface area contributed by atoms with E-state index in [9.17, 15) is 0 Å². The van der Waals surface area contributed by atoms with Gasteiger partial charge in [0.15, 0.2) is 0 Å². The molecule has 0 aliphatic heterocycles. The molecule has 0 saturated heterocycles. The summed E-state index contributed by atoms with van der Waals surface area (Å²) in [5.74, 6) is 2.41. The SMILES string of the molecule is C=CCn1c(C(C)(C)C)nc(-c2cccc(OC)c2)c1N. The Labute approximate surface area is 126 Å². The van der Waals surface area contributed by atoms with Gasteiger partial charge >= 0.3 is 0 Å². The van der Waals surface area contributed by atoms with Crippen molar-refractivity contribution in [3.05, 3.63) is 42.7 Å². The zero-order valence-corrected chi connectivity index (χ0v) is 13.2. The van der Waals surface area contributed by atoms with Crippen LogP contribution in [0.25, 0.3) is 11.3 Å². The number of aromatic nitrogens is 2. The number of nitrogens with two attached hydrogens (primary N) is 1. The molecule has 0 radical (unpaired) electrons. The lowest BCUT2D eigenvalue weighted by Crippen LogP contribution is -2.19. The molecule has 1 aromatic carbocycles. The number of nitrogens with zero attached hydrogens (tertiary/aromatic N) is 2. The van der Waals surface area contributed by atoms with Crippen LogP contribution in [0.3, 0.4) is 0 Å². The molecule has 0 atom stereocenters. The Morgan fingerprint density at radius 3 is 2.67 bits per heavy atom. The average molecular weight is 285 g/mol. The lowest BCUT2D eigenvalue weighted by molar-refractivity contribution is 0.415. The third kappa shape index (κ3) is 2.94. The molecule has 0 spiro atoms. The Bertz CT molecular complexity index is 651. The van der Waals surface area contributed by atoms with Gasteiger partial charge in [-0.1, -0.05) is 39.0 Å². The number of hydrogen-bond donors (Lipinski definition) is 1. The highest BCUT2D eigenvalue weighted by atomic mass is 16.5. The number of imidazole rings is 1. The van der Waals surface area contributed by atoms with E-state index in [1.165, 1.54) is 0 Å². The van der Waals surface area contributed by atoms with E-state index in [1.807, 2.05) is 34.9 Å². The monoisotopic (exact) mass is 285 g/mol. The molecule has 0 aliphatic rings. The lowest BCUT2D eigenvalue weighted by Gasteiger charge is -2.19. The first-order valence-electron chi connectivity index (χ1n) is 7.00. The van der Waals surface area contributed by atoms with Crippen LogP contribution in [-0.4, -0.2) is 16.7 Å². The fourth-order valence-electron chi connectivity index (χ4n) is 2.33. The maximum Gasteiger partial charge on any atom is 0.132 e. The molecule has 0 bridgehead atoms. The number of anilines is 1. The zero-order valence-electron chi connectivity index (χ0n) is 13.2. The minimum absolute atomic E-state index is 0.0890. The van der Waals surface area contributed by atoms with Gasteiger partial charge in [-0.15, -0.1) is 6.58 Å². The second-order valence-electron chi connectivity index (χ2n) is 6.05. The van der Waals surface area contributed by atoms with E-state index in [2.05, 4.69) is 27.4 Å². The van der Waals surface area contributed by atoms with Gasteiger partial charge in [0.25, 0.3) is 0 Å². The first-order valence-corrected chi connectivity index (χ1v) is 7.00. The fraction of sp³-hybridized carbons (Fsp3) is 0.353. The number of nitrogen functional groups attached to an aromatic ring is 1. The highest BCUT2D eigenvalue weighted by Gasteiger charge is 2.25. The number of hydrogen-bond acceptors (Lipinski definition) is 3. The molecule has 4 nitrogen and oxygen atoms in total. The Kier molecular flexibility index (Phi) is 4.07. The van der Waals surface area contributed by atoms with E-state index in [-0.39, 0.29) is 5.41 Å². The van der Waals surface area contributed by atoms with Crippen molar-refractivity contribution in [1.82, 2.24) is 9.55 Å². The smallest absolute Gasteiger partial charge is 0.132 e. The molecule has 2 N–H and O–H groups in total. The van der Waals surface area contributed by atoms with Crippen LogP contribution in [0.2, 0.25) is 0 Å². The molecular weight excluding hydrogens is 262 g/mol. The lowest BCUT2D eigenvalue weighted by atomic mass is 9.95. The van der Waals surface area contributed by atoms with Gasteiger partial charge in [-0.3, -0.25) is 0 Å². The quantitative estimate of drug-likeness (QED) is 0.873. The molecule has 0 saturated carbocycles. The van der Waals surface area contributed by atoms with Gasteiger partial charge < -0.3 is 15.0 Å². The molecular formula is C17H23N3O. The number of methoxy groups -OCH3 is 1. The molecule has 4 heteroatoms. The zero-order chi connectivity index (χ0) is 15.6. The summed E-state index contributed by atoms with van der Waals surface area (Å²) in [7, 11) is 1.65. The van der Waals surface area contributed by atoms with Crippen molar-refractivity contribution in [3.8, 4) is 17.0 Å². The van der Waals surface area contributed by atoms with Gasteiger partial charge in [-0.05, 0) is 12.1 Å². The summed E-state index contributed by atoms with van der Waals surface area (Å²) in [4.78, 5) is 4.78. The maximum atomic E-state index is 6.32. The van der Waals surface area contributed by atoms with Gasteiger partial charge in [0, 0.05) is 17.5 Å². The van der Waals surface area contributed by atoms with Gasteiger partial charge in [-0.25, -0.2) is 4.98 Å². The number of ether oxygens (including phenoxy) is 1. The van der Waals surface area contributed by atoms with Crippen molar-refractivity contribution >= 4 is 5.82 Å². The predicted molar refractivity (Wildman–Crippen MR) is 87.5 cm³/mol. The summed E-state index contributed by atoms with van der Waals surface area (Å²) in [6.07, 6.45) is 1.84. The van der Waals surface area contributed by atoms with Crippen LogP contribution in [0.4, 0.5) is 5.82 Å². The van der Waals surface area contributed by atoms with Crippen molar-refractivity contribution in [2.24, 2.45) is 0 Å². The molecule has 112 valence electrons. The van der Waals surface area contributed by atoms with Gasteiger partial charge in [0.05, 0.1) is 7.11 Å². The topological polar surface area (TPSA) is 53.1 Å². The largest absolute Gasteiger partial charge is 0.497 e. The summed E-state index contributed by atoms with van der Waals surface area (Å²) >= 11 is 0. The van der Waals surface area contributed by atoms with Crippen LogP contribution in [0.5, 0.6) is 5.75 Å². The summed E-state index contributed by atoms with van der Waals surface area (Å²) in [5, 5.41) is 0.